The maximum absolute atomic E-state index is 0. The van der Waals surface area contributed by atoms with Crippen LogP contribution in [0.4, 0.5) is 0 Å². The molecule has 3 N–H and O–H groups in total. The van der Waals surface area contributed by atoms with Crippen molar-refractivity contribution in [2.75, 3.05) is 0 Å². The molecule has 4 heavy (non-hydrogen) atoms. The molecule has 22 valence electrons. The molecule has 0 aromatic heterocycles. The first-order chi connectivity index (χ1) is 0. The molecule has 0 rings (SSSR count). The summed E-state index contributed by atoms with van der Waals surface area (Å²) in [5.41, 5.74) is 0. The van der Waals surface area contributed by atoms with Gasteiger partial charge in [-0.1, -0.05) is 0 Å². The second kappa shape index (κ2) is 20.5. The van der Waals surface area contributed by atoms with E-state index in [4.69, 9.17) is 0 Å². The average molecular weight is 143 g/mol. The summed E-state index contributed by atoms with van der Waals surface area (Å²) in [7, 11) is 0. The zero-order valence-electron chi connectivity index (χ0n) is 1.71. The molecule has 0 fully saturated rings. The summed E-state index contributed by atoms with van der Waals surface area (Å²) in [5.74, 6) is 0. The first-order valence-electron chi connectivity index (χ1n) is 0. The van der Waals surface area contributed by atoms with E-state index >= 15 is 0 Å². The van der Waals surface area contributed by atoms with E-state index in [0.29, 0.717) is 0 Å². The van der Waals surface area contributed by atoms with E-state index < -0.39 is 0 Å². The molecule has 0 aromatic rings. The van der Waals surface area contributed by atoms with Crippen LogP contribution in [0.15, 0.2) is 0 Å². The van der Waals surface area contributed by atoms with Gasteiger partial charge in [-0.25, -0.2) is 0 Å². The van der Waals surface area contributed by atoms with E-state index in [-0.39, 0.29) is 66.9 Å². The topological polar surface area (TPSA) is 35.0 Å². The Balaban J connectivity index is 0. The fraction of sp³-hybridized carbons (Fsp3) is 0. The Hall–Kier alpha value is 1.92. The Morgan fingerprint density at radius 2 is 0.750 bits per heavy atom. The minimum absolute atomic E-state index is 0. The van der Waals surface area contributed by atoms with Gasteiger partial charge >= 0.3 is 0 Å². The van der Waals surface area contributed by atoms with Crippen LogP contribution in [0.1, 0.15) is 0 Å². The first-order valence-corrected chi connectivity index (χ1v) is 0. The van der Waals surface area contributed by atoms with Crippen LogP contribution in [0.25, 0.3) is 0 Å². The monoisotopic (exact) mass is 143 g/mol. The number of hydrogen-bond acceptors (Lipinski definition) is 1. The SMILES string of the molecule is N.[AlH3].[Ti].[Ti]. The third-order valence-corrected chi connectivity index (χ3v) is 0. The summed E-state index contributed by atoms with van der Waals surface area (Å²) >= 11 is 0. The molecule has 0 saturated carbocycles. The van der Waals surface area contributed by atoms with E-state index in [1.54, 1.807) is 0 Å². The summed E-state index contributed by atoms with van der Waals surface area (Å²) in [6.45, 7) is 0. The molecular weight excluding hydrogens is 137 g/mol. The number of hydrogen-bond donors (Lipinski definition) is 1. The Kier molecular flexibility index (Phi) is 199. The van der Waals surface area contributed by atoms with Gasteiger partial charge in [-0.3, -0.25) is 0 Å². The van der Waals surface area contributed by atoms with Crippen molar-refractivity contribution in [3.63, 3.8) is 0 Å². The van der Waals surface area contributed by atoms with Gasteiger partial charge in [0.15, 0.2) is 17.4 Å². The largest absolute Gasteiger partial charge is 0.344 e. The van der Waals surface area contributed by atoms with Crippen molar-refractivity contribution in [2.45, 2.75) is 0 Å². The van der Waals surface area contributed by atoms with Crippen LogP contribution in [-0.2, 0) is 43.4 Å². The van der Waals surface area contributed by atoms with Gasteiger partial charge in [-0.15, -0.1) is 0 Å². The summed E-state index contributed by atoms with van der Waals surface area (Å²) in [6, 6.07) is 0. The summed E-state index contributed by atoms with van der Waals surface area (Å²) < 4.78 is 0. The Bertz CT molecular complexity index is 6.00. The third kappa shape index (κ3) is 9.07. The predicted molar refractivity (Wildman–Crippen MR) is 15.0 cm³/mol. The van der Waals surface area contributed by atoms with Crippen molar-refractivity contribution in [2.24, 2.45) is 0 Å². The van der Waals surface area contributed by atoms with Gasteiger partial charge < -0.3 is 6.15 Å². The average Bonchev–Trinajstić information content (AvgIpc) is 0. The van der Waals surface area contributed by atoms with E-state index in [9.17, 15) is 0 Å². The van der Waals surface area contributed by atoms with Crippen molar-refractivity contribution in [1.29, 1.82) is 0 Å². The van der Waals surface area contributed by atoms with E-state index in [0.717, 1.165) is 0 Å². The van der Waals surface area contributed by atoms with Gasteiger partial charge in [0.05, 0.1) is 0 Å². The first kappa shape index (κ1) is 38.9. The summed E-state index contributed by atoms with van der Waals surface area (Å²) in [4.78, 5) is 0. The zero-order valence-corrected chi connectivity index (χ0v) is 4.83. The Labute approximate surface area is 66.4 Å². The smallest absolute Gasteiger partial charge is 0.187 e. The van der Waals surface area contributed by atoms with Crippen LogP contribution in [0.3, 0.4) is 0 Å². The van der Waals surface area contributed by atoms with E-state index in [1.807, 2.05) is 0 Å². The van der Waals surface area contributed by atoms with E-state index in [2.05, 4.69) is 0 Å². The van der Waals surface area contributed by atoms with Gasteiger partial charge in [0.1, 0.15) is 0 Å². The minimum Gasteiger partial charge on any atom is -0.344 e. The molecule has 0 aliphatic heterocycles. The standard InChI is InChI=1S/Al.H3N.2Ti.3H/h;1H3;;;;;. The quantitative estimate of drug-likeness (QED) is 0.432. The fourth-order valence-electron chi connectivity index (χ4n) is 0. The molecule has 0 aromatic carbocycles. The van der Waals surface area contributed by atoms with Gasteiger partial charge in [0.25, 0.3) is 0 Å². The van der Waals surface area contributed by atoms with Crippen molar-refractivity contribution < 1.29 is 43.4 Å². The molecule has 0 spiro atoms. The maximum Gasteiger partial charge on any atom is 0.187 e. The molecule has 0 heterocycles. The predicted octanol–water partition coefficient (Wildman–Crippen LogP) is -1.03. The molecule has 0 atom stereocenters. The molecule has 1 nitrogen and oxygen atoms in total. The van der Waals surface area contributed by atoms with Crippen LogP contribution < -0.4 is 6.15 Å². The van der Waals surface area contributed by atoms with E-state index in [1.165, 1.54) is 0 Å². The molecule has 0 aliphatic carbocycles. The minimum atomic E-state index is 0. The normalized spacial score (nSPS) is 0. The molecule has 0 radical (unpaired) electrons. The Morgan fingerprint density at radius 3 is 0.750 bits per heavy atom. The molecule has 0 unspecified atom stereocenters. The second-order valence-corrected chi connectivity index (χ2v) is 0. The molecule has 0 saturated heterocycles. The van der Waals surface area contributed by atoms with Gasteiger partial charge in [-0.05, 0) is 0 Å². The molecule has 4 heteroatoms. The van der Waals surface area contributed by atoms with Crippen molar-refractivity contribution in [3.8, 4) is 0 Å². The second-order valence-electron chi connectivity index (χ2n) is 0. The van der Waals surface area contributed by atoms with Crippen molar-refractivity contribution in [1.82, 2.24) is 6.15 Å². The number of rotatable bonds is 0. The molecule has 0 aliphatic rings. The van der Waals surface area contributed by atoms with Gasteiger partial charge in [0.2, 0.25) is 0 Å². The van der Waals surface area contributed by atoms with Crippen LogP contribution in [0.2, 0.25) is 0 Å². The van der Waals surface area contributed by atoms with Crippen LogP contribution in [0, 0.1) is 0 Å². The van der Waals surface area contributed by atoms with Crippen LogP contribution in [-0.4, -0.2) is 17.4 Å². The fourth-order valence-corrected chi connectivity index (χ4v) is 0. The van der Waals surface area contributed by atoms with Gasteiger partial charge in [-0.2, -0.15) is 0 Å². The van der Waals surface area contributed by atoms with Crippen LogP contribution in [0.5, 0.6) is 0 Å². The van der Waals surface area contributed by atoms with Gasteiger partial charge in [0, 0.05) is 43.4 Å². The summed E-state index contributed by atoms with van der Waals surface area (Å²) in [6.07, 6.45) is 0. The van der Waals surface area contributed by atoms with Crippen molar-refractivity contribution >= 4 is 17.4 Å². The third-order valence-electron chi connectivity index (χ3n) is 0. The molecule has 0 amide bonds. The van der Waals surface area contributed by atoms with Crippen LogP contribution >= 0.6 is 0 Å². The molecular formula is H6AlNTi2. The summed E-state index contributed by atoms with van der Waals surface area (Å²) in [5, 5.41) is 0. The maximum atomic E-state index is 0. The Morgan fingerprint density at radius 1 is 0.750 bits per heavy atom. The molecule has 0 bridgehead atoms. The zero-order chi connectivity index (χ0) is 0. The van der Waals surface area contributed by atoms with Crippen molar-refractivity contribution in [3.05, 3.63) is 0 Å².